The molecule has 1 aliphatic carbocycles. The predicted molar refractivity (Wildman–Crippen MR) is 124 cm³/mol. The Morgan fingerprint density at radius 2 is 2.00 bits per heavy atom. The third kappa shape index (κ3) is 4.90. The number of anilines is 1. The lowest BCUT2D eigenvalue weighted by molar-refractivity contribution is -0.123. The molecular formula is C20H26N4O2S3. The number of thiocarbonyl (C=S) groups is 1. The second kappa shape index (κ2) is 9.24. The monoisotopic (exact) mass is 450 g/mol. The largest absolute Gasteiger partial charge is 0.353 e. The highest BCUT2D eigenvalue weighted by atomic mass is 32.2. The zero-order chi connectivity index (χ0) is 20.4. The maximum absolute atomic E-state index is 12.7. The van der Waals surface area contributed by atoms with E-state index in [2.05, 4.69) is 16.0 Å². The standard InChI is InChI=1S/C20H26N4O2S3/c1-12-7-9-14(10-8-12)24-17-16(29-20(24)27)18(26)23-19(22-17)28-11-15(25)21-13-5-3-2-4-6-13/h7-10,13,16-17,19,22H,2-6,11H2,1H3,(H,21,25)(H,23,26). The van der Waals surface area contributed by atoms with Crippen LogP contribution in [0.2, 0.25) is 0 Å². The average molecular weight is 451 g/mol. The number of nitrogens with one attached hydrogen (secondary N) is 3. The summed E-state index contributed by atoms with van der Waals surface area (Å²) >= 11 is 8.38. The van der Waals surface area contributed by atoms with Crippen LogP contribution < -0.4 is 20.9 Å². The third-order valence-electron chi connectivity index (χ3n) is 5.51. The first kappa shape index (κ1) is 21.0. The SMILES string of the molecule is Cc1ccc(N2C(=S)SC3C(=O)NC(SCC(=O)NC4CCCCC4)NC32)cc1. The number of carbonyl (C=O) groups excluding carboxylic acids is 2. The molecule has 2 heterocycles. The molecule has 6 nitrogen and oxygen atoms in total. The summed E-state index contributed by atoms with van der Waals surface area (Å²) in [5, 5.41) is 9.27. The van der Waals surface area contributed by atoms with Crippen molar-refractivity contribution >= 4 is 57.6 Å². The Hall–Kier alpha value is -1.29. The number of thioether (sulfide) groups is 2. The van der Waals surface area contributed by atoms with E-state index in [1.54, 1.807) is 0 Å². The lowest BCUT2D eigenvalue weighted by atomic mass is 9.95. The van der Waals surface area contributed by atoms with Crippen molar-refractivity contribution in [2.24, 2.45) is 0 Å². The van der Waals surface area contributed by atoms with E-state index in [4.69, 9.17) is 12.2 Å². The van der Waals surface area contributed by atoms with Gasteiger partial charge in [-0.05, 0) is 31.9 Å². The van der Waals surface area contributed by atoms with Gasteiger partial charge in [0.25, 0.3) is 0 Å². The minimum Gasteiger partial charge on any atom is -0.353 e. The van der Waals surface area contributed by atoms with Gasteiger partial charge in [-0.1, -0.05) is 60.9 Å². The third-order valence-corrected chi connectivity index (χ3v) is 8.13. The topological polar surface area (TPSA) is 73.5 Å². The summed E-state index contributed by atoms with van der Waals surface area (Å²) in [5.41, 5.74) is 1.83. The van der Waals surface area contributed by atoms with Crippen LogP contribution in [0.15, 0.2) is 24.3 Å². The van der Waals surface area contributed by atoms with Crippen LogP contribution in [0.25, 0.3) is 0 Å². The zero-order valence-electron chi connectivity index (χ0n) is 16.3. The van der Waals surface area contributed by atoms with Gasteiger partial charge in [-0.3, -0.25) is 14.9 Å². The van der Waals surface area contributed by atoms with Crippen molar-refractivity contribution in [3.05, 3.63) is 29.8 Å². The highest BCUT2D eigenvalue weighted by Gasteiger charge is 2.47. The number of nitrogens with zero attached hydrogens (tertiary/aromatic N) is 1. The maximum atomic E-state index is 12.7. The Morgan fingerprint density at radius 3 is 2.72 bits per heavy atom. The Balaban J connectivity index is 1.37. The zero-order valence-corrected chi connectivity index (χ0v) is 18.8. The normalized spacial score (nSPS) is 27.5. The van der Waals surface area contributed by atoms with Crippen LogP contribution in [0, 0.1) is 6.92 Å². The first-order valence-electron chi connectivity index (χ1n) is 10.1. The van der Waals surface area contributed by atoms with E-state index in [0.717, 1.165) is 18.5 Å². The molecule has 29 heavy (non-hydrogen) atoms. The van der Waals surface area contributed by atoms with Crippen molar-refractivity contribution in [1.29, 1.82) is 0 Å². The highest BCUT2D eigenvalue weighted by molar-refractivity contribution is 8.24. The molecule has 2 aliphatic heterocycles. The van der Waals surface area contributed by atoms with Gasteiger partial charge in [-0.15, -0.1) is 11.8 Å². The van der Waals surface area contributed by atoms with Gasteiger partial charge in [0.1, 0.15) is 21.2 Å². The molecule has 0 bridgehead atoms. The van der Waals surface area contributed by atoms with Crippen LogP contribution in [-0.2, 0) is 9.59 Å². The summed E-state index contributed by atoms with van der Waals surface area (Å²) in [6.07, 6.45) is 5.56. The van der Waals surface area contributed by atoms with Crippen molar-refractivity contribution in [3.8, 4) is 0 Å². The molecule has 0 aromatic heterocycles. The van der Waals surface area contributed by atoms with Gasteiger partial charge in [0.2, 0.25) is 11.8 Å². The molecule has 3 aliphatic rings. The molecule has 2 amide bonds. The molecule has 0 radical (unpaired) electrons. The fourth-order valence-electron chi connectivity index (χ4n) is 3.98. The van der Waals surface area contributed by atoms with Gasteiger partial charge in [0.15, 0.2) is 0 Å². The van der Waals surface area contributed by atoms with Gasteiger partial charge in [-0.2, -0.15) is 0 Å². The second-order valence-electron chi connectivity index (χ2n) is 7.72. The van der Waals surface area contributed by atoms with Crippen LogP contribution in [0.4, 0.5) is 5.69 Å². The number of amides is 2. The second-order valence-corrected chi connectivity index (χ2v) is 10.6. The lowest BCUT2D eigenvalue weighted by Gasteiger charge is -2.36. The van der Waals surface area contributed by atoms with Crippen molar-refractivity contribution in [2.75, 3.05) is 10.7 Å². The molecule has 1 aromatic rings. The number of hydrogen-bond acceptors (Lipinski definition) is 6. The minimum absolute atomic E-state index is 0.0341. The number of hydrogen-bond donors (Lipinski definition) is 3. The van der Waals surface area contributed by atoms with Crippen molar-refractivity contribution in [3.63, 3.8) is 0 Å². The van der Waals surface area contributed by atoms with E-state index in [-0.39, 0.29) is 28.7 Å². The Kier molecular flexibility index (Phi) is 6.68. The predicted octanol–water partition coefficient (Wildman–Crippen LogP) is 2.71. The molecular weight excluding hydrogens is 424 g/mol. The molecule has 3 fully saturated rings. The molecule has 156 valence electrons. The van der Waals surface area contributed by atoms with E-state index in [1.807, 2.05) is 36.1 Å². The molecule has 2 saturated heterocycles. The van der Waals surface area contributed by atoms with Crippen LogP contribution >= 0.6 is 35.7 Å². The van der Waals surface area contributed by atoms with Crippen LogP contribution in [-0.4, -0.2) is 44.8 Å². The first-order valence-corrected chi connectivity index (χ1v) is 12.4. The van der Waals surface area contributed by atoms with E-state index < -0.39 is 0 Å². The highest BCUT2D eigenvalue weighted by Crippen LogP contribution is 2.37. The molecule has 3 atom stereocenters. The van der Waals surface area contributed by atoms with Crippen LogP contribution in [0.5, 0.6) is 0 Å². The van der Waals surface area contributed by atoms with E-state index >= 15 is 0 Å². The van der Waals surface area contributed by atoms with Crippen molar-refractivity contribution < 1.29 is 9.59 Å². The number of carbonyl (C=O) groups is 2. The number of rotatable bonds is 5. The molecule has 0 spiro atoms. The summed E-state index contributed by atoms with van der Waals surface area (Å²) in [7, 11) is 0. The molecule has 1 saturated carbocycles. The maximum Gasteiger partial charge on any atom is 0.238 e. The molecule has 4 rings (SSSR count). The first-order chi connectivity index (χ1) is 14.0. The van der Waals surface area contributed by atoms with Crippen molar-refractivity contribution in [2.45, 2.75) is 62.0 Å². The summed E-state index contributed by atoms with van der Waals surface area (Å²) in [4.78, 5) is 27.0. The van der Waals surface area contributed by atoms with Gasteiger partial charge < -0.3 is 15.5 Å². The summed E-state index contributed by atoms with van der Waals surface area (Å²) < 4.78 is 0.687. The number of fused-ring (bicyclic) bond motifs is 1. The van der Waals surface area contributed by atoms with E-state index in [0.29, 0.717) is 16.1 Å². The van der Waals surface area contributed by atoms with E-state index in [1.165, 1.54) is 48.3 Å². The number of aryl methyl sites for hydroxylation is 1. The van der Waals surface area contributed by atoms with Crippen LogP contribution in [0.1, 0.15) is 37.7 Å². The minimum atomic E-state index is -0.324. The Bertz CT molecular complexity index is 782. The quantitative estimate of drug-likeness (QED) is 0.596. The van der Waals surface area contributed by atoms with Gasteiger partial charge in [-0.25, -0.2) is 0 Å². The summed E-state index contributed by atoms with van der Waals surface area (Å²) in [5.74, 6) is 0.307. The molecule has 9 heteroatoms. The lowest BCUT2D eigenvalue weighted by Crippen LogP contribution is -2.64. The smallest absolute Gasteiger partial charge is 0.238 e. The summed E-state index contributed by atoms with van der Waals surface area (Å²) in [6, 6.07) is 8.44. The van der Waals surface area contributed by atoms with Gasteiger partial charge in [0.05, 0.1) is 5.75 Å². The summed E-state index contributed by atoms with van der Waals surface area (Å²) in [6.45, 7) is 2.04. The molecule has 3 N–H and O–H groups in total. The van der Waals surface area contributed by atoms with Crippen molar-refractivity contribution in [1.82, 2.24) is 16.0 Å². The number of benzene rings is 1. The average Bonchev–Trinajstić information content (AvgIpc) is 3.04. The Morgan fingerprint density at radius 1 is 1.28 bits per heavy atom. The Labute approximate surface area is 185 Å². The fraction of sp³-hybridized carbons (Fsp3) is 0.550. The molecule has 3 unspecified atom stereocenters. The van der Waals surface area contributed by atoms with Gasteiger partial charge >= 0.3 is 0 Å². The van der Waals surface area contributed by atoms with E-state index in [9.17, 15) is 9.59 Å². The molecule has 1 aromatic carbocycles. The fourth-order valence-corrected chi connectivity index (χ4v) is 6.40. The van der Waals surface area contributed by atoms with Gasteiger partial charge in [0, 0.05) is 11.7 Å². The van der Waals surface area contributed by atoms with Crippen LogP contribution in [0.3, 0.4) is 0 Å².